The van der Waals surface area contributed by atoms with Crippen LogP contribution in [0.5, 0.6) is 0 Å². The average Bonchev–Trinajstić information content (AvgIpc) is 2.40. The van der Waals surface area contributed by atoms with Crippen LogP contribution in [0.2, 0.25) is 0 Å². The Balaban J connectivity index is 2.00. The summed E-state index contributed by atoms with van der Waals surface area (Å²) in [6.45, 7) is 5.95. The summed E-state index contributed by atoms with van der Waals surface area (Å²) in [6, 6.07) is 9.49. The number of thioether (sulfide) groups is 1. The monoisotopic (exact) mass is 277 g/mol. The van der Waals surface area contributed by atoms with E-state index in [1.54, 1.807) is 5.56 Å². The van der Waals surface area contributed by atoms with Gasteiger partial charge in [0.1, 0.15) is 0 Å². The quantitative estimate of drug-likeness (QED) is 0.772. The van der Waals surface area contributed by atoms with E-state index in [-0.39, 0.29) is 0 Å². The van der Waals surface area contributed by atoms with E-state index >= 15 is 0 Å². The maximum Gasteiger partial charge on any atom is 0.0374 e. The molecule has 1 aliphatic rings. The number of benzene rings is 1. The molecule has 1 aliphatic carbocycles. The van der Waals surface area contributed by atoms with E-state index in [0.717, 1.165) is 6.54 Å². The predicted molar refractivity (Wildman–Crippen MR) is 86.9 cm³/mol. The third kappa shape index (κ3) is 3.76. The zero-order valence-corrected chi connectivity index (χ0v) is 13.4. The summed E-state index contributed by atoms with van der Waals surface area (Å²) < 4.78 is 0. The number of nitrogens with one attached hydrogen (secondary N) is 1. The van der Waals surface area contributed by atoms with Gasteiger partial charge in [0.2, 0.25) is 0 Å². The molecule has 1 atom stereocenters. The molecular formula is C17H27NS. The van der Waals surface area contributed by atoms with E-state index in [0.29, 0.717) is 11.5 Å². The number of hydrogen-bond donors (Lipinski definition) is 1. The fourth-order valence-electron chi connectivity index (χ4n) is 3.07. The van der Waals surface area contributed by atoms with Gasteiger partial charge in [0.15, 0.2) is 0 Å². The van der Waals surface area contributed by atoms with Crippen molar-refractivity contribution in [1.29, 1.82) is 0 Å². The summed E-state index contributed by atoms with van der Waals surface area (Å²) in [5.41, 5.74) is 3.44. The molecule has 0 amide bonds. The fourth-order valence-corrected chi connectivity index (χ4v) is 3.56. The molecule has 1 aromatic carbocycles. The topological polar surface area (TPSA) is 12.0 Å². The van der Waals surface area contributed by atoms with Crippen LogP contribution in [0, 0.1) is 5.41 Å². The molecular weight excluding hydrogens is 250 g/mol. The second-order valence-corrected chi connectivity index (χ2v) is 7.26. The molecule has 0 aromatic heterocycles. The van der Waals surface area contributed by atoms with Crippen molar-refractivity contribution in [3.05, 3.63) is 35.4 Å². The molecule has 1 N–H and O–H groups in total. The summed E-state index contributed by atoms with van der Waals surface area (Å²) in [7, 11) is 0. The first-order valence-corrected chi connectivity index (χ1v) is 8.84. The van der Waals surface area contributed by atoms with Crippen LogP contribution in [-0.4, -0.2) is 18.6 Å². The number of rotatable bonds is 6. The van der Waals surface area contributed by atoms with Crippen molar-refractivity contribution in [2.75, 3.05) is 18.6 Å². The lowest BCUT2D eigenvalue weighted by Gasteiger charge is -2.40. The molecule has 1 aromatic rings. The summed E-state index contributed by atoms with van der Waals surface area (Å²) in [5.74, 6) is 1.28. The van der Waals surface area contributed by atoms with Gasteiger partial charge < -0.3 is 5.32 Å². The molecule has 0 fully saturated rings. The van der Waals surface area contributed by atoms with Crippen molar-refractivity contribution in [3.63, 3.8) is 0 Å². The second kappa shape index (κ2) is 6.81. The van der Waals surface area contributed by atoms with Gasteiger partial charge in [-0.05, 0) is 60.8 Å². The van der Waals surface area contributed by atoms with Gasteiger partial charge in [-0.3, -0.25) is 0 Å². The van der Waals surface area contributed by atoms with Crippen LogP contribution in [0.15, 0.2) is 24.3 Å². The Morgan fingerprint density at radius 1 is 1.26 bits per heavy atom. The maximum atomic E-state index is 3.82. The third-order valence-corrected chi connectivity index (χ3v) is 5.01. The van der Waals surface area contributed by atoms with Crippen LogP contribution in [0.4, 0.5) is 0 Å². The second-order valence-electron chi connectivity index (χ2n) is 6.27. The average molecular weight is 277 g/mol. The van der Waals surface area contributed by atoms with Gasteiger partial charge in [-0.1, -0.05) is 38.1 Å². The number of fused-ring (bicyclic) bond motifs is 1. The van der Waals surface area contributed by atoms with Crippen LogP contribution in [-0.2, 0) is 6.42 Å². The van der Waals surface area contributed by atoms with E-state index < -0.39 is 0 Å². The molecule has 19 heavy (non-hydrogen) atoms. The summed E-state index contributed by atoms with van der Waals surface area (Å²) in [6.07, 6.45) is 7.31. The molecule has 0 aliphatic heterocycles. The van der Waals surface area contributed by atoms with Gasteiger partial charge >= 0.3 is 0 Å². The zero-order chi connectivity index (χ0) is 13.7. The molecule has 106 valence electrons. The molecule has 0 heterocycles. The Morgan fingerprint density at radius 3 is 2.84 bits per heavy atom. The minimum Gasteiger partial charge on any atom is -0.309 e. The van der Waals surface area contributed by atoms with Crippen LogP contribution in [0.25, 0.3) is 0 Å². The molecule has 2 rings (SSSR count). The maximum absolute atomic E-state index is 3.82. The van der Waals surface area contributed by atoms with Crippen molar-refractivity contribution in [1.82, 2.24) is 5.32 Å². The normalized spacial score (nSPS) is 21.1. The Hall–Kier alpha value is -0.470. The minimum absolute atomic E-state index is 0.369. The molecule has 0 saturated carbocycles. The standard InChI is InChI=1S/C17H27NS/c1-17(2)11-10-14-8-4-5-9-15(14)16(17)18-12-6-7-13-19-3/h4-5,8-9,16,18H,6-7,10-13H2,1-3H3. The van der Waals surface area contributed by atoms with Gasteiger partial charge in [-0.2, -0.15) is 11.8 Å². The fraction of sp³-hybridized carbons (Fsp3) is 0.647. The van der Waals surface area contributed by atoms with Crippen LogP contribution < -0.4 is 5.32 Å². The Kier molecular flexibility index (Phi) is 5.35. The van der Waals surface area contributed by atoms with Crippen molar-refractivity contribution in [2.24, 2.45) is 5.41 Å². The number of aryl methyl sites for hydroxylation is 1. The Morgan fingerprint density at radius 2 is 2.05 bits per heavy atom. The molecule has 0 bridgehead atoms. The molecule has 0 saturated heterocycles. The smallest absolute Gasteiger partial charge is 0.0374 e. The first-order chi connectivity index (χ1) is 9.15. The lowest BCUT2D eigenvalue weighted by atomic mass is 9.70. The van der Waals surface area contributed by atoms with Crippen molar-refractivity contribution < 1.29 is 0 Å². The molecule has 2 heteroatoms. The highest BCUT2D eigenvalue weighted by molar-refractivity contribution is 7.98. The minimum atomic E-state index is 0.369. The summed E-state index contributed by atoms with van der Waals surface area (Å²) in [5, 5.41) is 3.82. The van der Waals surface area contributed by atoms with Crippen LogP contribution in [0.1, 0.15) is 50.3 Å². The van der Waals surface area contributed by atoms with Crippen LogP contribution >= 0.6 is 11.8 Å². The van der Waals surface area contributed by atoms with Crippen molar-refractivity contribution in [3.8, 4) is 0 Å². The highest BCUT2D eigenvalue weighted by Gasteiger charge is 2.34. The van der Waals surface area contributed by atoms with Crippen LogP contribution in [0.3, 0.4) is 0 Å². The Bertz CT molecular complexity index is 400. The molecule has 0 spiro atoms. The van der Waals surface area contributed by atoms with Gasteiger partial charge in [-0.25, -0.2) is 0 Å². The highest BCUT2D eigenvalue weighted by Crippen LogP contribution is 2.43. The lowest BCUT2D eigenvalue weighted by molar-refractivity contribution is 0.209. The first kappa shape index (κ1) is 14.9. The first-order valence-electron chi connectivity index (χ1n) is 7.45. The van der Waals surface area contributed by atoms with E-state index in [4.69, 9.17) is 0 Å². The third-order valence-electron chi connectivity index (χ3n) is 4.31. The van der Waals surface area contributed by atoms with Gasteiger partial charge in [-0.15, -0.1) is 0 Å². The predicted octanol–water partition coefficient (Wildman–Crippen LogP) is 4.43. The highest BCUT2D eigenvalue weighted by atomic mass is 32.2. The number of unbranched alkanes of at least 4 members (excludes halogenated alkanes) is 1. The van der Waals surface area contributed by atoms with Gasteiger partial charge in [0.25, 0.3) is 0 Å². The van der Waals surface area contributed by atoms with Gasteiger partial charge in [0.05, 0.1) is 0 Å². The van der Waals surface area contributed by atoms with E-state index in [1.165, 1.54) is 37.0 Å². The van der Waals surface area contributed by atoms with E-state index in [9.17, 15) is 0 Å². The molecule has 1 unspecified atom stereocenters. The number of hydrogen-bond acceptors (Lipinski definition) is 2. The van der Waals surface area contributed by atoms with E-state index in [1.807, 2.05) is 11.8 Å². The van der Waals surface area contributed by atoms with E-state index in [2.05, 4.69) is 49.7 Å². The molecule has 0 radical (unpaired) electrons. The summed E-state index contributed by atoms with van der Waals surface area (Å²) in [4.78, 5) is 0. The zero-order valence-electron chi connectivity index (χ0n) is 12.5. The SMILES string of the molecule is CSCCCCNC1c2ccccc2CCC1(C)C. The van der Waals surface area contributed by atoms with Crippen molar-refractivity contribution in [2.45, 2.75) is 45.6 Å². The molecule has 1 nitrogen and oxygen atoms in total. The largest absolute Gasteiger partial charge is 0.309 e. The Labute approximate surface area is 122 Å². The van der Waals surface area contributed by atoms with Crippen molar-refractivity contribution >= 4 is 11.8 Å². The van der Waals surface area contributed by atoms with Gasteiger partial charge in [0, 0.05) is 6.04 Å². The summed E-state index contributed by atoms with van der Waals surface area (Å²) >= 11 is 1.95. The lowest BCUT2D eigenvalue weighted by Crippen LogP contribution is -2.38.